The van der Waals surface area contributed by atoms with Gasteiger partial charge in [-0.2, -0.15) is 0 Å². The molecule has 0 aliphatic carbocycles. The largest absolute Gasteiger partial charge is 0.280 e. The standard InChI is InChI=1S/C19H14ClN3O4S2/c20-15-6-2-1-4-12(15)10-22-29(26,27)16-8-7-13(28-16)11-23-18(24)14-5-3-9-21-17(14)19(23)25/h1-9,22H,10-11H2. The van der Waals surface area contributed by atoms with Gasteiger partial charge in [0.2, 0.25) is 10.0 Å². The van der Waals surface area contributed by atoms with E-state index in [9.17, 15) is 18.0 Å². The molecule has 1 aliphatic heterocycles. The fraction of sp³-hybridized carbons (Fsp3) is 0.105. The number of amides is 2. The number of fused-ring (bicyclic) bond motifs is 1. The van der Waals surface area contributed by atoms with Crippen LogP contribution >= 0.6 is 22.9 Å². The van der Waals surface area contributed by atoms with Crippen molar-refractivity contribution in [3.05, 3.63) is 81.4 Å². The highest BCUT2D eigenvalue weighted by molar-refractivity contribution is 7.91. The normalized spacial score (nSPS) is 13.8. The van der Waals surface area contributed by atoms with Crippen molar-refractivity contribution in [1.82, 2.24) is 14.6 Å². The maximum atomic E-state index is 12.6. The molecule has 0 radical (unpaired) electrons. The van der Waals surface area contributed by atoms with Crippen molar-refractivity contribution in [3.8, 4) is 0 Å². The number of imide groups is 1. The van der Waals surface area contributed by atoms with Crippen LogP contribution in [0.4, 0.5) is 0 Å². The Bertz CT molecular complexity index is 1190. The minimum Gasteiger partial charge on any atom is -0.268 e. The molecule has 1 N–H and O–H groups in total. The Kier molecular flexibility index (Phi) is 5.22. The number of carbonyl (C=O) groups excluding carboxylic acids is 2. The molecule has 1 aliphatic rings. The number of halogens is 1. The van der Waals surface area contributed by atoms with Crippen LogP contribution in [-0.4, -0.2) is 30.1 Å². The maximum absolute atomic E-state index is 12.6. The van der Waals surface area contributed by atoms with Crippen molar-refractivity contribution in [3.63, 3.8) is 0 Å². The zero-order chi connectivity index (χ0) is 20.6. The summed E-state index contributed by atoms with van der Waals surface area (Å²) in [6.45, 7) is 0.0397. The lowest BCUT2D eigenvalue weighted by molar-refractivity contribution is 0.0642. The van der Waals surface area contributed by atoms with Gasteiger partial charge in [-0.05, 0) is 35.9 Å². The Labute approximate surface area is 176 Å². The molecule has 148 valence electrons. The molecule has 2 aromatic heterocycles. The van der Waals surface area contributed by atoms with Gasteiger partial charge in [-0.1, -0.05) is 29.8 Å². The van der Waals surface area contributed by atoms with E-state index in [2.05, 4.69) is 9.71 Å². The number of hydrogen-bond donors (Lipinski definition) is 1. The Balaban J connectivity index is 1.48. The number of sulfonamides is 1. The number of carbonyl (C=O) groups is 2. The maximum Gasteiger partial charge on any atom is 0.280 e. The van der Waals surface area contributed by atoms with E-state index < -0.39 is 21.8 Å². The van der Waals surface area contributed by atoms with E-state index in [-0.39, 0.29) is 28.6 Å². The summed E-state index contributed by atoms with van der Waals surface area (Å²) in [7, 11) is -3.76. The third-order valence-corrected chi connectivity index (χ3v) is 7.69. The summed E-state index contributed by atoms with van der Waals surface area (Å²) in [6, 6.07) is 13.1. The average molecular weight is 448 g/mol. The number of thiophene rings is 1. The van der Waals surface area contributed by atoms with Crippen LogP contribution in [0.2, 0.25) is 5.02 Å². The lowest BCUT2D eigenvalue weighted by Crippen LogP contribution is -2.28. The topological polar surface area (TPSA) is 96.4 Å². The van der Waals surface area contributed by atoms with Gasteiger partial charge >= 0.3 is 0 Å². The van der Waals surface area contributed by atoms with Crippen LogP contribution in [0.1, 0.15) is 31.3 Å². The second-order valence-corrected chi connectivity index (χ2v) is 9.80. The number of nitrogens with one attached hydrogen (secondary N) is 1. The molecule has 0 saturated heterocycles. The molecule has 0 saturated carbocycles. The molecular weight excluding hydrogens is 434 g/mol. The fourth-order valence-electron chi connectivity index (χ4n) is 2.89. The second-order valence-electron chi connectivity index (χ2n) is 6.23. The van der Waals surface area contributed by atoms with Crippen LogP contribution in [0.5, 0.6) is 0 Å². The van der Waals surface area contributed by atoms with E-state index in [1.165, 1.54) is 12.3 Å². The van der Waals surface area contributed by atoms with E-state index >= 15 is 0 Å². The van der Waals surface area contributed by atoms with E-state index in [1.807, 2.05) is 0 Å². The van der Waals surface area contributed by atoms with Crippen LogP contribution in [0, 0.1) is 0 Å². The SMILES string of the molecule is O=C1c2cccnc2C(=O)N1Cc1ccc(S(=O)(=O)NCc2ccccc2Cl)s1. The van der Waals surface area contributed by atoms with Crippen molar-refractivity contribution in [1.29, 1.82) is 0 Å². The molecule has 29 heavy (non-hydrogen) atoms. The minimum atomic E-state index is -3.76. The zero-order valence-corrected chi connectivity index (χ0v) is 17.2. The van der Waals surface area contributed by atoms with Crippen molar-refractivity contribution < 1.29 is 18.0 Å². The number of hydrogen-bond acceptors (Lipinski definition) is 6. The van der Waals surface area contributed by atoms with Gasteiger partial charge in [0, 0.05) is 22.6 Å². The highest BCUT2D eigenvalue weighted by Gasteiger charge is 2.36. The van der Waals surface area contributed by atoms with Crippen LogP contribution < -0.4 is 4.72 Å². The van der Waals surface area contributed by atoms with Gasteiger partial charge in [0.25, 0.3) is 11.8 Å². The van der Waals surface area contributed by atoms with Crippen LogP contribution in [-0.2, 0) is 23.1 Å². The Hall–Kier alpha value is -2.59. The van der Waals surface area contributed by atoms with Gasteiger partial charge in [-0.25, -0.2) is 13.1 Å². The minimum absolute atomic E-state index is 0.0152. The predicted octanol–water partition coefficient (Wildman–Crippen LogP) is 3.07. The van der Waals surface area contributed by atoms with Gasteiger partial charge in [0.05, 0.1) is 12.1 Å². The molecule has 2 amide bonds. The third kappa shape index (κ3) is 3.82. The Morgan fingerprint density at radius 2 is 1.83 bits per heavy atom. The zero-order valence-electron chi connectivity index (χ0n) is 14.8. The van der Waals surface area contributed by atoms with Crippen molar-refractivity contribution in [2.24, 2.45) is 0 Å². The van der Waals surface area contributed by atoms with Crippen LogP contribution in [0.3, 0.4) is 0 Å². The average Bonchev–Trinajstić information content (AvgIpc) is 3.28. The Morgan fingerprint density at radius 1 is 1.03 bits per heavy atom. The van der Waals surface area contributed by atoms with E-state index in [0.29, 0.717) is 15.5 Å². The molecule has 4 rings (SSSR count). The molecule has 3 aromatic rings. The molecule has 7 nitrogen and oxygen atoms in total. The summed E-state index contributed by atoms with van der Waals surface area (Å²) in [5, 5.41) is 0.473. The molecule has 3 heterocycles. The van der Waals surface area contributed by atoms with Gasteiger partial charge in [0.1, 0.15) is 9.90 Å². The smallest absolute Gasteiger partial charge is 0.268 e. The molecule has 0 unspecified atom stereocenters. The first-order valence-electron chi connectivity index (χ1n) is 8.50. The van der Waals surface area contributed by atoms with Gasteiger partial charge in [-0.15, -0.1) is 11.3 Å². The first kappa shape index (κ1) is 19.7. The summed E-state index contributed by atoms with van der Waals surface area (Å²) < 4.78 is 27.8. The van der Waals surface area contributed by atoms with Gasteiger partial charge in [0.15, 0.2) is 0 Å². The summed E-state index contributed by atoms with van der Waals surface area (Å²) in [5.74, 6) is -0.923. The monoisotopic (exact) mass is 447 g/mol. The van der Waals surface area contributed by atoms with Crippen LogP contribution in [0.25, 0.3) is 0 Å². The summed E-state index contributed by atoms with van der Waals surface area (Å²) in [5.41, 5.74) is 1.03. The highest BCUT2D eigenvalue weighted by atomic mass is 35.5. The summed E-state index contributed by atoms with van der Waals surface area (Å²) in [4.78, 5) is 30.4. The lowest BCUT2D eigenvalue weighted by Gasteiger charge is -2.11. The number of benzene rings is 1. The first-order valence-corrected chi connectivity index (χ1v) is 11.2. The van der Waals surface area contributed by atoms with E-state index in [0.717, 1.165) is 16.2 Å². The molecule has 1 aromatic carbocycles. The summed E-state index contributed by atoms with van der Waals surface area (Å²) in [6.07, 6.45) is 1.45. The molecule has 0 spiro atoms. The highest BCUT2D eigenvalue weighted by Crippen LogP contribution is 2.27. The number of nitrogens with zero attached hydrogens (tertiary/aromatic N) is 2. The van der Waals surface area contributed by atoms with E-state index in [4.69, 9.17) is 11.6 Å². The van der Waals surface area contributed by atoms with Gasteiger partial charge in [-0.3, -0.25) is 19.5 Å². The second kappa shape index (κ2) is 7.68. The number of rotatable bonds is 6. The third-order valence-electron chi connectivity index (χ3n) is 4.36. The van der Waals surface area contributed by atoms with Crippen molar-refractivity contribution >= 4 is 44.8 Å². The lowest BCUT2D eigenvalue weighted by atomic mass is 10.2. The van der Waals surface area contributed by atoms with Crippen molar-refractivity contribution in [2.45, 2.75) is 17.3 Å². The van der Waals surface area contributed by atoms with Crippen molar-refractivity contribution in [2.75, 3.05) is 0 Å². The molecular formula is C19H14ClN3O4S2. The quantitative estimate of drug-likeness (QED) is 0.586. The van der Waals surface area contributed by atoms with E-state index in [1.54, 1.807) is 42.5 Å². The Morgan fingerprint density at radius 3 is 2.59 bits per heavy atom. The molecule has 10 heteroatoms. The number of aromatic nitrogens is 1. The predicted molar refractivity (Wildman–Crippen MR) is 108 cm³/mol. The fourth-order valence-corrected chi connectivity index (χ4v) is 5.48. The summed E-state index contributed by atoms with van der Waals surface area (Å²) >= 11 is 7.06. The van der Waals surface area contributed by atoms with Gasteiger partial charge < -0.3 is 0 Å². The number of pyridine rings is 1. The molecule has 0 atom stereocenters. The molecule has 0 bridgehead atoms. The van der Waals surface area contributed by atoms with Crippen LogP contribution in [0.15, 0.2) is 58.9 Å². The molecule has 0 fully saturated rings. The first-order chi connectivity index (χ1) is 13.9.